The molecule has 1 atom stereocenters. The fourth-order valence-corrected chi connectivity index (χ4v) is 2.05. The minimum absolute atomic E-state index is 0.176. The zero-order chi connectivity index (χ0) is 14.4. The fraction of sp³-hybridized carbons (Fsp3) is 0.467. The Morgan fingerprint density at radius 1 is 1.20 bits per heavy atom. The molecule has 5 nitrogen and oxygen atoms in total. The second-order valence-corrected chi connectivity index (χ2v) is 5.11. The van der Waals surface area contributed by atoms with Crippen molar-refractivity contribution < 1.29 is 9.52 Å². The number of aliphatic hydroxyl groups is 1. The molecule has 2 N–H and O–H groups in total. The van der Waals surface area contributed by atoms with Crippen LogP contribution in [0.4, 0.5) is 0 Å². The van der Waals surface area contributed by atoms with Crippen LogP contribution in [-0.2, 0) is 6.54 Å². The predicted octanol–water partition coefficient (Wildman–Crippen LogP) is 2.23. The number of rotatable bonds is 7. The van der Waals surface area contributed by atoms with Crippen LogP contribution in [0.15, 0.2) is 34.7 Å². The molecule has 1 aromatic heterocycles. The van der Waals surface area contributed by atoms with Crippen molar-refractivity contribution in [3.05, 3.63) is 36.2 Å². The summed E-state index contributed by atoms with van der Waals surface area (Å²) in [6.45, 7) is 4.94. The minimum atomic E-state index is 0.176. The largest absolute Gasteiger partial charge is 0.419 e. The van der Waals surface area contributed by atoms with Crippen LogP contribution in [0.5, 0.6) is 0 Å². The third-order valence-corrected chi connectivity index (χ3v) is 3.25. The molecule has 0 fully saturated rings. The van der Waals surface area contributed by atoms with E-state index in [1.807, 2.05) is 30.3 Å². The van der Waals surface area contributed by atoms with Crippen LogP contribution in [0.1, 0.15) is 26.2 Å². The lowest BCUT2D eigenvalue weighted by Crippen LogP contribution is -2.34. The van der Waals surface area contributed by atoms with E-state index < -0.39 is 0 Å². The molecule has 0 aliphatic heterocycles. The molecule has 1 heterocycles. The van der Waals surface area contributed by atoms with E-state index in [1.165, 1.54) is 0 Å². The molecular formula is C15H21N3O2. The van der Waals surface area contributed by atoms with Crippen LogP contribution in [0, 0.1) is 5.92 Å². The highest BCUT2D eigenvalue weighted by atomic mass is 16.4. The highest BCUT2D eigenvalue weighted by molar-refractivity contribution is 5.51. The summed E-state index contributed by atoms with van der Waals surface area (Å²) >= 11 is 0. The van der Waals surface area contributed by atoms with Crippen molar-refractivity contribution in [2.75, 3.05) is 6.61 Å². The summed E-state index contributed by atoms with van der Waals surface area (Å²) in [6.07, 6.45) is 0.720. The molecule has 0 saturated carbocycles. The molecule has 0 amide bonds. The molecule has 0 spiro atoms. The first-order valence-electron chi connectivity index (χ1n) is 6.92. The van der Waals surface area contributed by atoms with Crippen molar-refractivity contribution in [3.63, 3.8) is 0 Å². The van der Waals surface area contributed by atoms with Gasteiger partial charge in [-0.1, -0.05) is 32.0 Å². The van der Waals surface area contributed by atoms with E-state index in [4.69, 9.17) is 9.52 Å². The maximum atomic E-state index is 9.04. The highest BCUT2D eigenvalue weighted by Crippen LogP contribution is 2.17. The Labute approximate surface area is 119 Å². The number of aliphatic hydroxyl groups excluding tert-OH is 1. The van der Waals surface area contributed by atoms with E-state index in [0.717, 1.165) is 12.0 Å². The Morgan fingerprint density at radius 3 is 2.60 bits per heavy atom. The minimum Gasteiger partial charge on any atom is -0.419 e. The van der Waals surface area contributed by atoms with Gasteiger partial charge >= 0.3 is 0 Å². The number of aromatic nitrogens is 2. The van der Waals surface area contributed by atoms with Gasteiger partial charge in [-0.2, -0.15) is 0 Å². The van der Waals surface area contributed by atoms with Crippen molar-refractivity contribution in [3.8, 4) is 11.5 Å². The molecule has 0 aliphatic carbocycles. The molecule has 0 radical (unpaired) electrons. The molecular weight excluding hydrogens is 254 g/mol. The second-order valence-electron chi connectivity index (χ2n) is 5.11. The monoisotopic (exact) mass is 275 g/mol. The molecule has 1 unspecified atom stereocenters. The van der Waals surface area contributed by atoms with Gasteiger partial charge in [0.05, 0.1) is 6.54 Å². The van der Waals surface area contributed by atoms with E-state index >= 15 is 0 Å². The van der Waals surface area contributed by atoms with Crippen molar-refractivity contribution in [2.45, 2.75) is 32.9 Å². The van der Waals surface area contributed by atoms with Crippen molar-refractivity contribution in [1.29, 1.82) is 0 Å². The number of hydrogen-bond acceptors (Lipinski definition) is 5. The first kappa shape index (κ1) is 14.7. The van der Waals surface area contributed by atoms with Gasteiger partial charge in [-0.05, 0) is 24.5 Å². The van der Waals surface area contributed by atoms with E-state index in [-0.39, 0.29) is 12.6 Å². The Kier molecular flexibility index (Phi) is 5.26. The smallest absolute Gasteiger partial charge is 0.247 e. The van der Waals surface area contributed by atoms with Crippen LogP contribution < -0.4 is 5.32 Å². The predicted molar refractivity (Wildman–Crippen MR) is 76.9 cm³/mol. The van der Waals surface area contributed by atoms with Crippen LogP contribution in [-0.4, -0.2) is 28.0 Å². The van der Waals surface area contributed by atoms with Gasteiger partial charge in [0.2, 0.25) is 11.8 Å². The Bertz CT molecular complexity index is 511. The van der Waals surface area contributed by atoms with E-state index in [2.05, 4.69) is 29.4 Å². The van der Waals surface area contributed by atoms with E-state index in [0.29, 0.717) is 24.2 Å². The molecule has 1 aromatic carbocycles. The summed E-state index contributed by atoms with van der Waals surface area (Å²) in [4.78, 5) is 0. The van der Waals surface area contributed by atoms with Crippen LogP contribution >= 0.6 is 0 Å². The first-order chi connectivity index (χ1) is 9.70. The quantitative estimate of drug-likeness (QED) is 0.811. The van der Waals surface area contributed by atoms with Crippen LogP contribution in [0.2, 0.25) is 0 Å². The molecule has 2 aromatic rings. The molecule has 108 valence electrons. The van der Waals surface area contributed by atoms with E-state index in [9.17, 15) is 0 Å². The summed E-state index contributed by atoms with van der Waals surface area (Å²) in [6, 6.07) is 9.94. The number of nitrogens with one attached hydrogen (secondary N) is 1. The lowest BCUT2D eigenvalue weighted by Gasteiger charge is -2.20. The Hall–Kier alpha value is -1.72. The highest BCUT2D eigenvalue weighted by Gasteiger charge is 2.14. The van der Waals surface area contributed by atoms with Crippen LogP contribution in [0.3, 0.4) is 0 Å². The molecule has 0 bridgehead atoms. The normalized spacial score (nSPS) is 12.8. The average Bonchev–Trinajstić information content (AvgIpc) is 2.93. The van der Waals surface area contributed by atoms with Crippen LogP contribution in [0.25, 0.3) is 11.5 Å². The second kappa shape index (κ2) is 7.17. The van der Waals surface area contributed by atoms with Gasteiger partial charge in [-0.3, -0.25) is 0 Å². The van der Waals surface area contributed by atoms with Gasteiger partial charge in [0, 0.05) is 18.2 Å². The third kappa shape index (κ3) is 3.88. The Morgan fingerprint density at radius 2 is 1.95 bits per heavy atom. The van der Waals surface area contributed by atoms with Gasteiger partial charge < -0.3 is 14.8 Å². The molecule has 0 aliphatic rings. The maximum Gasteiger partial charge on any atom is 0.247 e. The zero-order valence-electron chi connectivity index (χ0n) is 11.9. The number of benzene rings is 1. The summed E-state index contributed by atoms with van der Waals surface area (Å²) < 4.78 is 5.63. The third-order valence-electron chi connectivity index (χ3n) is 3.25. The van der Waals surface area contributed by atoms with Gasteiger partial charge in [-0.25, -0.2) is 0 Å². The molecule has 0 saturated heterocycles. The van der Waals surface area contributed by atoms with Crippen molar-refractivity contribution >= 4 is 0 Å². The summed E-state index contributed by atoms with van der Waals surface area (Å²) in [7, 11) is 0. The van der Waals surface area contributed by atoms with Crippen molar-refractivity contribution in [2.24, 2.45) is 5.92 Å². The maximum absolute atomic E-state index is 9.04. The van der Waals surface area contributed by atoms with Gasteiger partial charge in [0.15, 0.2) is 0 Å². The van der Waals surface area contributed by atoms with E-state index in [1.54, 1.807) is 0 Å². The topological polar surface area (TPSA) is 71.2 Å². The standard InChI is InChI=1S/C15H21N3O2/c1-11(2)13(8-9-19)16-10-14-17-18-15(20-14)12-6-4-3-5-7-12/h3-7,11,13,16,19H,8-10H2,1-2H3. The van der Waals surface area contributed by atoms with Gasteiger partial charge in [0.1, 0.15) is 0 Å². The number of nitrogens with zero attached hydrogens (tertiary/aromatic N) is 2. The molecule has 5 heteroatoms. The summed E-state index contributed by atoms with van der Waals surface area (Å²) in [5.41, 5.74) is 0.919. The number of hydrogen-bond donors (Lipinski definition) is 2. The lowest BCUT2D eigenvalue weighted by molar-refractivity contribution is 0.241. The first-order valence-corrected chi connectivity index (χ1v) is 6.92. The average molecular weight is 275 g/mol. The summed E-state index contributed by atoms with van der Waals surface area (Å²) in [5.74, 6) is 1.54. The SMILES string of the molecule is CC(C)C(CCO)NCc1nnc(-c2ccccc2)o1. The fourth-order valence-electron chi connectivity index (χ4n) is 2.05. The van der Waals surface area contributed by atoms with Gasteiger partial charge in [0.25, 0.3) is 0 Å². The van der Waals surface area contributed by atoms with Gasteiger partial charge in [-0.15, -0.1) is 10.2 Å². The lowest BCUT2D eigenvalue weighted by atomic mass is 10.0. The van der Waals surface area contributed by atoms with Crippen molar-refractivity contribution in [1.82, 2.24) is 15.5 Å². The zero-order valence-corrected chi connectivity index (χ0v) is 11.9. The Balaban J connectivity index is 1.96. The molecule has 2 rings (SSSR count). The summed E-state index contributed by atoms with van der Waals surface area (Å²) in [5, 5.41) is 20.5. The molecule has 20 heavy (non-hydrogen) atoms.